The molecule has 1 aromatic rings. The maximum Gasteiger partial charge on any atom is 0.115 e. The number of aromatic hydroxyl groups is 1. The molecule has 0 radical (unpaired) electrons. The second-order valence-corrected chi connectivity index (χ2v) is 7.41. The van der Waals surface area contributed by atoms with Gasteiger partial charge in [0.15, 0.2) is 0 Å². The number of phenols is 1. The molecular formula is C20H31NO. The molecule has 2 nitrogen and oxygen atoms in total. The van der Waals surface area contributed by atoms with Crippen LogP contribution in [0.4, 0.5) is 0 Å². The monoisotopic (exact) mass is 301 g/mol. The number of hydrogen-bond acceptors (Lipinski definition) is 2. The van der Waals surface area contributed by atoms with Gasteiger partial charge in [0.2, 0.25) is 0 Å². The van der Waals surface area contributed by atoms with E-state index in [0.29, 0.717) is 11.2 Å². The van der Waals surface area contributed by atoms with E-state index in [2.05, 4.69) is 17.9 Å². The molecule has 1 heterocycles. The molecule has 0 unspecified atom stereocenters. The number of likely N-dealkylation sites (tertiary alicyclic amines) is 1. The molecular weight excluding hydrogens is 270 g/mol. The van der Waals surface area contributed by atoms with E-state index in [1.165, 1.54) is 76.6 Å². The van der Waals surface area contributed by atoms with Gasteiger partial charge in [-0.3, -0.25) is 0 Å². The number of phenolic OH excluding ortho intramolecular Hbond substituents is 1. The number of benzene rings is 1. The molecule has 2 fully saturated rings. The van der Waals surface area contributed by atoms with Crippen LogP contribution in [0.3, 0.4) is 0 Å². The Balaban J connectivity index is 1.75. The summed E-state index contributed by atoms with van der Waals surface area (Å²) in [5, 5.41) is 9.92. The summed E-state index contributed by atoms with van der Waals surface area (Å²) in [5.74, 6) is 1.21. The van der Waals surface area contributed by atoms with Crippen molar-refractivity contribution in [3.05, 3.63) is 29.8 Å². The first-order valence-electron chi connectivity index (χ1n) is 9.26. The first kappa shape index (κ1) is 15.9. The Bertz CT molecular complexity index is 486. The largest absolute Gasteiger partial charge is 0.508 e. The number of rotatable bonds is 5. The van der Waals surface area contributed by atoms with Gasteiger partial charge in [-0.15, -0.1) is 0 Å². The molecule has 1 N–H and O–H groups in total. The molecule has 3 rings (SSSR count). The summed E-state index contributed by atoms with van der Waals surface area (Å²) in [5.41, 5.74) is 1.73. The van der Waals surface area contributed by atoms with Crippen molar-refractivity contribution < 1.29 is 5.11 Å². The van der Waals surface area contributed by atoms with Crippen molar-refractivity contribution in [1.29, 1.82) is 0 Å². The standard InChI is InChI=1S/C20H31NO/c1-2-3-6-13-21-14-12-20(11-5-4-8-18(20)16-21)17-9-7-10-19(22)15-17/h7,9-10,15,18,22H,2-6,8,11-14,16H2,1H3/t18-,20-/m1/s1. The first-order chi connectivity index (χ1) is 10.7. The molecule has 0 amide bonds. The van der Waals surface area contributed by atoms with Gasteiger partial charge in [0.1, 0.15) is 5.75 Å². The fourth-order valence-electron chi connectivity index (χ4n) is 4.80. The highest BCUT2D eigenvalue weighted by Gasteiger charge is 2.45. The second-order valence-electron chi connectivity index (χ2n) is 7.41. The van der Waals surface area contributed by atoms with Crippen LogP contribution in [-0.2, 0) is 5.41 Å². The topological polar surface area (TPSA) is 23.5 Å². The summed E-state index contributed by atoms with van der Waals surface area (Å²) >= 11 is 0. The van der Waals surface area contributed by atoms with E-state index in [0.717, 1.165) is 5.92 Å². The van der Waals surface area contributed by atoms with Gasteiger partial charge in [-0.25, -0.2) is 0 Å². The third-order valence-corrected chi connectivity index (χ3v) is 6.06. The van der Waals surface area contributed by atoms with Crippen molar-refractivity contribution in [3.63, 3.8) is 0 Å². The molecule has 1 saturated carbocycles. The van der Waals surface area contributed by atoms with E-state index in [4.69, 9.17) is 0 Å². The normalized spacial score (nSPS) is 29.2. The SMILES string of the molecule is CCCCCN1CC[C@@]2(c3cccc(O)c3)CCCC[C@@H]2C1. The summed E-state index contributed by atoms with van der Waals surface area (Å²) in [6, 6.07) is 8.12. The fraction of sp³-hybridized carbons (Fsp3) is 0.700. The molecule has 1 aliphatic carbocycles. The van der Waals surface area contributed by atoms with E-state index in [1.807, 2.05) is 12.1 Å². The maximum absolute atomic E-state index is 9.92. The minimum Gasteiger partial charge on any atom is -0.508 e. The van der Waals surface area contributed by atoms with Crippen molar-refractivity contribution in [3.8, 4) is 5.75 Å². The molecule has 0 aromatic heterocycles. The lowest BCUT2D eigenvalue weighted by atomic mass is 9.59. The van der Waals surface area contributed by atoms with E-state index in [-0.39, 0.29) is 0 Å². The second kappa shape index (κ2) is 7.04. The summed E-state index contributed by atoms with van der Waals surface area (Å²) in [6.07, 6.45) is 10.7. The molecule has 0 bridgehead atoms. The molecule has 1 aromatic carbocycles. The van der Waals surface area contributed by atoms with Gasteiger partial charge in [0.05, 0.1) is 0 Å². The van der Waals surface area contributed by atoms with Crippen LogP contribution in [0.2, 0.25) is 0 Å². The van der Waals surface area contributed by atoms with Gasteiger partial charge in [0.25, 0.3) is 0 Å². The van der Waals surface area contributed by atoms with Crippen LogP contribution in [0.5, 0.6) is 5.75 Å². The van der Waals surface area contributed by atoms with Gasteiger partial charge in [-0.1, -0.05) is 44.7 Å². The lowest BCUT2D eigenvalue weighted by molar-refractivity contribution is 0.0553. The summed E-state index contributed by atoms with van der Waals surface area (Å²) in [4.78, 5) is 2.70. The molecule has 2 heteroatoms. The minimum atomic E-state index is 0.332. The number of hydrogen-bond donors (Lipinski definition) is 1. The highest BCUT2D eigenvalue weighted by atomic mass is 16.3. The molecule has 0 spiro atoms. The third-order valence-electron chi connectivity index (χ3n) is 6.06. The van der Waals surface area contributed by atoms with Crippen LogP contribution in [0, 0.1) is 5.92 Å². The molecule has 22 heavy (non-hydrogen) atoms. The number of piperidine rings is 1. The van der Waals surface area contributed by atoms with E-state index >= 15 is 0 Å². The zero-order valence-corrected chi connectivity index (χ0v) is 14.1. The van der Waals surface area contributed by atoms with Crippen LogP contribution < -0.4 is 0 Å². The summed E-state index contributed by atoms with van der Waals surface area (Å²) in [6.45, 7) is 6.06. The van der Waals surface area contributed by atoms with Crippen molar-refractivity contribution in [2.75, 3.05) is 19.6 Å². The van der Waals surface area contributed by atoms with E-state index in [1.54, 1.807) is 6.07 Å². The molecule has 122 valence electrons. The Morgan fingerprint density at radius 3 is 2.95 bits per heavy atom. The molecule has 1 saturated heterocycles. The number of unbranched alkanes of at least 4 members (excludes halogenated alkanes) is 2. The predicted molar refractivity (Wildman–Crippen MR) is 92.3 cm³/mol. The van der Waals surface area contributed by atoms with Gasteiger partial charge >= 0.3 is 0 Å². The number of nitrogens with zero attached hydrogens (tertiary/aromatic N) is 1. The number of fused-ring (bicyclic) bond motifs is 1. The quantitative estimate of drug-likeness (QED) is 0.796. The minimum absolute atomic E-state index is 0.332. The van der Waals surface area contributed by atoms with E-state index < -0.39 is 0 Å². The zero-order chi connectivity index (χ0) is 15.4. The molecule has 1 aliphatic heterocycles. The van der Waals surface area contributed by atoms with Gasteiger partial charge in [-0.05, 0) is 62.4 Å². The molecule has 2 atom stereocenters. The van der Waals surface area contributed by atoms with Crippen LogP contribution in [0.1, 0.15) is 63.9 Å². The Labute approximate surface area is 135 Å². The highest BCUT2D eigenvalue weighted by Crippen LogP contribution is 2.49. The Morgan fingerprint density at radius 1 is 1.23 bits per heavy atom. The maximum atomic E-state index is 9.92. The van der Waals surface area contributed by atoms with Crippen LogP contribution in [-0.4, -0.2) is 29.6 Å². The van der Waals surface area contributed by atoms with Crippen molar-refractivity contribution in [1.82, 2.24) is 4.90 Å². The van der Waals surface area contributed by atoms with Gasteiger partial charge < -0.3 is 10.0 Å². The van der Waals surface area contributed by atoms with Crippen LogP contribution >= 0.6 is 0 Å². The fourth-order valence-corrected chi connectivity index (χ4v) is 4.80. The zero-order valence-electron chi connectivity index (χ0n) is 14.1. The van der Waals surface area contributed by atoms with Crippen molar-refractivity contribution in [2.24, 2.45) is 5.92 Å². The average molecular weight is 301 g/mol. The Morgan fingerprint density at radius 2 is 2.14 bits per heavy atom. The van der Waals surface area contributed by atoms with E-state index in [9.17, 15) is 5.11 Å². The van der Waals surface area contributed by atoms with Crippen molar-refractivity contribution in [2.45, 2.75) is 63.7 Å². The Hall–Kier alpha value is -1.02. The van der Waals surface area contributed by atoms with Crippen LogP contribution in [0.25, 0.3) is 0 Å². The smallest absolute Gasteiger partial charge is 0.115 e. The average Bonchev–Trinajstić information content (AvgIpc) is 2.55. The lowest BCUT2D eigenvalue weighted by Gasteiger charge is -2.51. The summed E-state index contributed by atoms with van der Waals surface area (Å²) < 4.78 is 0. The van der Waals surface area contributed by atoms with Gasteiger partial charge in [-0.2, -0.15) is 0 Å². The Kier molecular flexibility index (Phi) is 5.07. The first-order valence-corrected chi connectivity index (χ1v) is 9.26. The summed E-state index contributed by atoms with van der Waals surface area (Å²) in [7, 11) is 0. The van der Waals surface area contributed by atoms with Gasteiger partial charge in [0, 0.05) is 12.0 Å². The molecule has 2 aliphatic rings. The highest BCUT2D eigenvalue weighted by molar-refractivity contribution is 5.35. The predicted octanol–water partition coefficient (Wildman–Crippen LogP) is 4.72. The lowest BCUT2D eigenvalue weighted by Crippen LogP contribution is -2.51. The van der Waals surface area contributed by atoms with Crippen LogP contribution in [0.15, 0.2) is 24.3 Å². The third kappa shape index (κ3) is 3.17. The van der Waals surface area contributed by atoms with Crippen molar-refractivity contribution >= 4 is 0 Å².